The van der Waals surface area contributed by atoms with E-state index in [2.05, 4.69) is 4.98 Å². The fourth-order valence-electron chi connectivity index (χ4n) is 3.93. The first-order valence-electron chi connectivity index (χ1n) is 7.69. The summed E-state index contributed by atoms with van der Waals surface area (Å²) in [5.41, 5.74) is 2.87. The number of aliphatic carboxylic acids is 1. The lowest BCUT2D eigenvalue weighted by molar-refractivity contribution is -0.147. The van der Waals surface area contributed by atoms with E-state index in [4.69, 9.17) is 0 Å². The number of hydrogen-bond donors (Lipinski definition) is 1. The van der Waals surface area contributed by atoms with E-state index in [1.165, 1.54) is 4.90 Å². The molecule has 23 heavy (non-hydrogen) atoms. The molecule has 2 aliphatic rings. The number of anilines is 1. The van der Waals surface area contributed by atoms with E-state index in [9.17, 15) is 14.7 Å². The molecule has 0 spiro atoms. The van der Waals surface area contributed by atoms with E-state index in [0.29, 0.717) is 5.69 Å². The van der Waals surface area contributed by atoms with Gasteiger partial charge in [-0.25, -0.2) is 0 Å². The summed E-state index contributed by atoms with van der Waals surface area (Å²) in [6, 6.07) is 3.56. The molecule has 4 atom stereocenters. The van der Waals surface area contributed by atoms with E-state index in [0.717, 1.165) is 11.1 Å². The Balaban J connectivity index is 1.98. The number of rotatable bonds is 3. The third kappa shape index (κ3) is 2.36. The van der Waals surface area contributed by atoms with E-state index in [1.54, 1.807) is 31.6 Å². The molecule has 1 heterocycles. The number of nitrogens with zero attached hydrogens (tertiary/aromatic N) is 2. The summed E-state index contributed by atoms with van der Waals surface area (Å²) in [4.78, 5) is 30.3. The average Bonchev–Trinajstić information content (AvgIpc) is 3.10. The van der Waals surface area contributed by atoms with Crippen LogP contribution in [0.25, 0.3) is 0 Å². The second kappa shape index (κ2) is 5.65. The molecule has 0 aliphatic heterocycles. The van der Waals surface area contributed by atoms with Crippen LogP contribution >= 0.6 is 0 Å². The van der Waals surface area contributed by atoms with Gasteiger partial charge in [0.2, 0.25) is 5.91 Å². The Hall–Kier alpha value is -2.43. The molecule has 3 rings (SSSR count). The smallest absolute Gasteiger partial charge is 0.308 e. The van der Waals surface area contributed by atoms with Crippen LogP contribution in [0.4, 0.5) is 5.69 Å². The predicted molar refractivity (Wildman–Crippen MR) is 86.8 cm³/mol. The molecule has 120 valence electrons. The second-order valence-electron chi connectivity index (χ2n) is 6.39. The zero-order chi connectivity index (χ0) is 16.7. The Labute approximate surface area is 135 Å². The number of pyridine rings is 1. The van der Waals surface area contributed by atoms with Crippen molar-refractivity contribution in [3.63, 3.8) is 0 Å². The third-order valence-electron chi connectivity index (χ3n) is 4.92. The molecule has 1 N–H and O–H groups in total. The number of carbonyl (C=O) groups is 2. The lowest BCUT2D eigenvalue weighted by Gasteiger charge is -2.28. The number of hydrogen-bond acceptors (Lipinski definition) is 3. The first-order valence-corrected chi connectivity index (χ1v) is 7.69. The average molecular weight is 312 g/mol. The summed E-state index contributed by atoms with van der Waals surface area (Å²) in [6.07, 6.45) is 7.19. The quantitative estimate of drug-likeness (QED) is 0.871. The molecule has 0 aromatic carbocycles. The molecule has 0 radical (unpaired) electrons. The van der Waals surface area contributed by atoms with Gasteiger partial charge in [0.05, 0.1) is 23.7 Å². The minimum Gasteiger partial charge on any atom is -0.481 e. The molecule has 0 saturated heterocycles. The van der Waals surface area contributed by atoms with Crippen molar-refractivity contribution in [3.05, 3.63) is 47.8 Å². The van der Waals surface area contributed by atoms with E-state index >= 15 is 0 Å². The Morgan fingerprint density at radius 3 is 2.35 bits per heavy atom. The summed E-state index contributed by atoms with van der Waals surface area (Å²) in [5.74, 6) is -2.60. The van der Waals surface area contributed by atoms with Gasteiger partial charge in [0.25, 0.3) is 0 Å². The SMILES string of the molecule is CC(C)=C1C2C=CC1C(C(=O)N(C)c1cccnc1)C2C(=O)O. The van der Waals surface area contributed by atoms with E-state index in [-0.39, 0.29) is 17.7 Å². The van der Waals surface area contributed by atoms with Crippen molar-refractivity contribution in [3.8, 4) is 0 Å². The fraction of sp³-hybridized carbons (Fsp3) is 0.389. The Morgan fingerprint density at radius 2 is 1.83 bits per heavy atom. The normalized spacial score (nSPS) is 28.0. The van der Waals surface area contributed by atoms with Crippen LogP contribution < -0.4 is 4.90 Å². The van der Waals surface area contributed by atoms with Crippen LogP contribution in [0.2, 0.25) is 0 Å². The van der Waals surface area contributed by atoms with Crippen LogP contribution in [0, 0.1) is 23.7 Å². The van der Waals surface area contributed by atoms with Gasteiger partial charge >= 0.3 is 5.97 Å². The van der Waals surface area contributed by atoms with Crippen molar-refractivity contribution in [1.29, 1.82) is 0 Å². The largest absolute Gasteiger partial charge is 0.481 e. The molecular weight excluding hydrogens is 292 g/mol. The monoisotopic (exact) mass is 312 g/mol. The first-order chi connectivity index (χ1) is 10.9. The van der Waals surface area contributed by atoms with Crippen LogP contribution in [0.3, 0.4) is 0 Å². The Bertz CT molecular complexity index is 704. The highest BCUT2D eigenvalue weighted by molar-refractivity contribution is 5.98. The molecule has 1 amide bonds. The molecule has 1 aromatic heterocycles. The molecule has 5 nitrogen and oxygen atoms in total. The maximum atomic E-state index is 13.0. The third-order valence-corrected chi connectivity index (χ3v) is 4.92. The summed E-state index contributed by atoms with van der Waals surface area (Å²) < 4.78 is 0. The van der Waals surface area contributed by atoms with Gasteiger partial charge in [-0.3, -0.25) is 14.6 Å². The van der Waals surface area contributed by atoms with Crippen molar-refractivity contribution < 1.29 is 14.7 Å². The van der Waals surface area contributed by atoms with Crippen LogP contribution in [0.15, 0.2) is 47.8 Å². The van der Waals surface area contributed by atoms with Crippen LogP contribution in [-0.2, 0) is 9.59 Å². The summed E-state index contributed by atoms with van der Waals surface area (Å²) in [6.45, 7) is 3.97. The van der Waals surface area contributed by atoms with Gasteiger partial charge in [0.1, 0.15) is 0 Å². The van der Waals surface area contributed by atoms with Gasteiger partial charge in [0, 0.05) is 25.1 Å². The Kier molecular flexibility index (Phi) is 3.80. The number of carboxylic acid groups (broad SMARTS) is 1. The van der Waals surface area contributed by atoms with Gasteiger partial charge in [-0.2, -0.15) is 0 Å². The fourth-order valence-corrected chi connectivity index (χ4v) is 3.93. The van der Waals surface area contributed by atoms with Gasteiger partial charge in [-0.1, -0.05) is 23.3 Å². The van der Waals surface area contributed by atoms with Crippen molar-refractivity contribution in [1.82, 2.24) is 4.98 Å². The van der Waals surface area contributed by atoms with Gasteiger partial charge in [-0.15, -0.1) is 0 Å². The first kappa shape index (κ1) is 15.5. The van der Waals surface area contributed by atoms with Crippen molar-refractivity contribution in [2.24, 2.45) is 23.7 Å². The summed E-state index contributed by atoms with van der Waals surface area (Å²) in [7, 11) is 1.68. The number of carboxylic acids is 1. The summed E-state index contributed by atoms with van der Waals surface area (Å²) in [5, 5.41) is 9.67. The Morgan fingerprint density at radius 1 is 1.17 bits per heavy atom. The number of allylic oxidation sites excluding steroid dienone is 4. The zero-order valence-electron chi connectivity index (χ0n) is 13.4. The van der Waals surface area contributed by atoms with E-state index in [1.807, 2.05) is 26.0 Å². The van der Waals surface area contributed by atoms with Gasteiger partial charge in [-0.05, 0) is 26.0 Å². The number of aromatic nitrogens is 1. The molecule has 1 saturated carbocycles. The maximum Gasteiger partial charge on any atom is 0.308 e. The molecule has 4 unspecified atom stereocenters. The van der Waals surface area contributed by atoms with Crippen molar-refractivity contribution in [2.75, 3.05) is 11.9 Å². The van der Waals surface area contributed by atoms with E-state index < -0.39 is 17.8 Å². The number of amides is 1. The highest BCUT2D eigenvalue weighted by Crippen LogP contribution is 2.53. The van der Waals surface area contributed by atoms with Gasteiger partial charge in [0.15, 0.2) is 0 Å². The van der Waals surface area contributed by atoms with Crippen molar-refractivity contribution in [2.45, 2.75) is 13.8 Å². The predicted octanol–water partition coefficient (Wildman–Crippen LogP) is 2.51. The second-order valence-corrected chi connectivity index (χ2v) is 6.39. The minimum atomic E-state index is -0.904. The highest BCUT2D eigenvalue weighted by atomic mass is 16.4. The molecular formula is C18H20N2O3. The molecule has 1 aromatic rings. The standard InChI is InChI=1S/C18H20N2O3/c1-10(2)14-12-6-7-13(14)16(18(22)23)15(12)17(21)20(3)11-5-4-8-19-9-11/h4-9,12-13,15-16H,1-3H3,(H,22,23). The zero-order valence-corrected chi connectivity index (χ0v) is 13.4. The number of fused-ring (bicyclic) bond motifs is 2. The lowest BCUT2D eigenvalue weighted by Crippen LogP contribution is -2.41. The van der Waals surface area contributed by atoms with Gasteiger partial charge < -0.3 is 10.0 Å². The van der Waals surface area contributed by atoms with Crippen LogP contribution in [0.5, 0.6) is 0 Å². The van der Waals surface area contributed by atoms with Crippen LogP contribution in [0.1, 0.15) is 13.8 Å². The van der Waals surface area contributed by atoms with Crippen LogP contribution in [-0.4, -0.2) is 29.0 Å². The highest BCUT2D eigenvalue weighted by Gasteiger charge is 2.55. The topological polar surface area (TPSA) is 70.5 Å². The molecule has 2 bridgehead atoms. The summed E-state index contributed by atoms with van der Waals surface area (Å²) >= 11 is 0. The molecule has 2 aliphatic carbocycles. The maximum absolute atomic E-state index is 13.0. The lowest BCUT2D eigenvalue weighted by atomic mass is 9.82. The number of carbonyl (C=O) groups excluding carboxylic acids is 1. The minimum absolute atomic E-state index is 0.113. The molecule has 1 fully saturated rings. The molecule has 5 heteroatoms. The van der Waals surface area contributed by atoms with Crippen molar-refractivity contribution >= 4 is 17.6 Å².